The first kappa shape index (κ1) is 35.9. The summed E-state index contributed by atoms with van der Waals surface area (Å²) in [7, 11) is 0. The number of fused-ring (bicyclic) bond motifs is 12. The molecule has 9 aromatic carbocycles. The third-order valence-corrected chi connectivity index (χ3v) is 14.3. The van der Waals surface area contributed by atoms with Crippen LogP contribution in [0.4, 0.5) is 0 Å². The van der Waals surface area contributed by atoms with Crippen molar-refractivity contribution in [3.8, 4) is 61.8 Å². The molecule has 0 radical (unpaired) electrons. The standard InChI is InChI=1S/C59H37N3S/c1-2-14-41(15-3-1)58-60-52(40-28-26-38(27-29-40)39-30-33-43(34-31-39)62-54-23-11-6-18-46(54)47-19-7-12-24-55(47)62)37-53(61-58)42-32-35-57-51(36-42)59(50-22-10-13-25-56(50)63-57)48-20-8-4-16-44(48)45-17-5-9-21-49(45)59/h1-37H. The molecule has 4 heteroatoms. The van der Waals surface area contributed by atoms with Crippen LogP contribution in [-0.2, 0) is 5.41 Å². The van der Waals surface area contributed by atoms with E-state index in [1.165, 1.54) is 65.0 Å². The van der Waals surface area contributed by atoms with E-state index in [-0.39, 0.29) is 0 Å². The minimum Gasteiger partial charge on any atom is -0.309 e. The predicted molar refractivity (Wildman–Crippen MR) is 260 cm³/mol. The molecular formula is C59H37N3S. The fourth-order valence-corrected chi connectivity index (χ4v) is 11.5. The average Bonchev–Trinajstić information content (AvgIpc) is 3.85. The molecule has 13 rings (SSSR count). The van der Waals surface area contributed by atoms with Crippen molar-refractivity contribution in [3.05, 3.63) is 247 Å². The maximum atomic E-state index is 5.31. The Balaban J connectivity index is 0.913. The van der Waals surface area contributed by atoms with Crippen molar-refractivity contribution < 1.29 is 0 Å². The molecule has 3 heterocycles. The van der Waals surface area contributed by atoms with Crippen LogP contribution < -0.4 is 0 Å². The van der Waals surface area contributed by atoms with Gasteiger partial charge in [-0.2, -0.15) is 0 Å². The summed E-state index contributed by atoms with van der Waals surface area (Å²) in [6.07, 6.45) is 0. The zero-order valence-electron chi connectivity index (χ0n) is 34.1. The molecule has 0 atom stereocenters. The van der Waals surface area contributed by atoms with Crippen molar-refractivity contribution in [2.45, 2.75) is 15.2 Å². The van der Waals surface area contributed by atoms with Gasteiger partial charge in [0.15, 0.2) is 5.82 Å². The van der Waals surface area contributed by atoms with Gasteiger partial charge in [-0.15, -0.1) is 0 Å². The van der Waals surface area contributed by atoms with E-state index in [9.17, 15) is 0 Å². The van der Waals surface area contributed by atoms with Gasteiger partial charge in [0.05, 0.1) is 27.8 Å². The van der Waals surface area contributed by atoms with E-state index in [4.69, 9.17) is 9.97 Å². The molecule has 0 saturated heterocycles. The number of nitrogens with zero attached hydrogens (tertiary/aromatic N) is 3. The highest BCUT2D eigenvalue weighted by Crippen LogP contribution is 2.62. The molecule has 0 amide bonds. The Hall–Kier alpha value is -7.79. The fraction of sp³-hybridized carbons (Fsp3) is 0.0169. The lowest BCUT2D eigenvalue weighted by Crippen LogP contribution is -2.32. The number of aromatic nitrogens is 3. The molecule has 2 aliphatic rings. The van der Waals surface area contributed by atoms with E-state index in [1.54, 1.807) is 0 Å². The molecule has 0 N–H and O–H groups in total. The third-order valence-electron chi connectivity index (χ3n) is 13.1. The Labute approximate surface area is 370 Å². The molecule has 2 aromatic heterocycles. The lowest BCUT2D eigenvalue weighted by atomic mass is 9.67. The van der Waals surface area contributed by atoms with Crippen molar-refractivity contribution in [2.24, 2.45) is 0 Å². The molecule has 1 spiro atoms. The van der Waals surface area contributed by atoms with Gasteiger partial charge in [-0.1, -0.05) is 188 Å². The summed E-state index contributed by atoms with van der Waals surface area (Å²) in [4.78, 5) is 13.1. The second-order valence-corrected chi connectivity index (χ2v) is 17.6. The highest BCUT2D eigenvalue weighted by atomic mass is 32.2. The lowest BCUT2D eigenvalue weighted by Gasteiger charge is -2.39. The van der Waals surface area contributed by atoms with Gasteiger partial charge in [-0.05, 0) is 93.0 Å². The fourth-order valence-electron chi connectivity index (χ4n) is 10.3. The van der Waals surface area contributed by atoms with Crippen molar-refractivity contribution in [3.63, 3.8) is 0 Å². The predicted octanol–water partition coefficient (Wildman–Crippen LogP) is 15.1. The summed E-state index contributed by atoms with van der Waals surface area (Å²) in [6, 6.07) is 81.4. The number of rotatable bonds is 5. The number of hydrogen-bond acceptors (Lipinski definition) is 3. The molecule has 0 unspecified atom stereocenters. The minimum absolute atomic E-state index is 0.462. The topological polar surface area (TPSA) is 30.7 Å². The van der Waals surface area contributed by atoms with E-state index in [0.29, 0.717) is 5.82 Å². The van der Waals surface area contributed by atoms with Crippen molar-refractivity contribution in [1.29, 1.82) is 0 Å². The highest BCUT2D eigenvalue weighted by Gasteiger charge is 2.50. The van der Waals surface area contributed by atoms with Crippen molar-refractivity contribution >= 4 is 33.6 Å². The minimum atomic E-state index is -0.462. The molecule has 1 aliphatic carbocycles. The van der Waals surface area contributed by atoms with Crippen LogP contribution >= 0.6 is 11.8 Å². The van der Waals surface area contributed by atoms with Gasteiger partial charge in [0.25, 0.3) is 0 Å². The Bertz CT molecular complexity index is 3490. The first-order valence-electron chi connectivity index (χ1n) is 21.5. The maximum Gasteiger partial charge on any atom is 0.160 e. The maximum absolute atomic E-state index is 5.31. The summed E-state index contributed by atoms with van der Waals surface area (Å²) in [5.41, 5.74) is 18.1. The molecule has 11 aromatic rings. The molecule has 294 valence electrons. The first-order valence-corrected chi connectivity index (χ1v) is 22.3. The molecule has 3 nitrogen and oxygen atoms in total. The van der Waals surface area contributed by atoms with Crippen molar-refractivity contribution in [1.82, 2.24) is 14.5 Å². The van der Waals surface area contributed by atoms with Crippen LogP contribution in [0.25, 0.3) is 83.6 Å². The second kappa shape index (κ2) is 14.1. The van der Waals surface area contributed by atoms with Crippen LogP contribution in [0.5, 0.6) is 0 Å². The zero-order valence-corrected chi connectivity index (χ0v) is 34.9. The molecule has 0 saturated carbocycles. The highest BCUT2D eigenvalue weighted by molar-refractivity contribution is 7.99. The van der Waals surface area contributed by atoms with Gasteiger partial charge < -0.3 is 4.57 Å². The van der Waals surface area contributed by atoms with Gasteiger partial charge in [-0.25, -0.2) is 9.97 Å². The van der Waals surface area contributed by atoms with Crippen molar-refractivity contribution in [2.75, 3.05) is 0 Å². The van der Waals surface area contributed by atoms with E-state index in [0.717, 1.165) is 44.9 Å². The van der Waals surface area contributed by atoms with E-state index >= 15 is 0 Å². The quantitative estimate of drug-likeness (QED) is 0.173. The number of hydrogen-bond donors (Lipinski definition) is 0. The number of para-hydroxylation sites is 2. The SMILES string of the molecule is c1ccc(-c2nc(-c3ccc(-c4ccc(-n5c6ccccc6c6ccccc65)cc4)cc3)cc(-c3ccc4c(c3)C3(c5ccccc5S4)c4ccccc4-c4ccccc43)n2)cc1. The van der Waals surface area contributed by atoms with Crippen LogP contribution in [0.2, 0.25) is 0 Å². The van der Waals surface area contributed by atoms with Crippen LogP contribution in [0, 0.1) is 0 Å². The van der Waals surface area contributed by atoms with E-state index < -0.39 is 5.41 Å². The van der Waals surface area contributed by atoms with Crippen LogP contribution in [0.1, 0.15) is 22.3 Å². The van der Waals surface area contributed by atoms with E-state index in [1.807, 2.05) is 17.8 Å². The summed E-state index contributed by atoms with van der Waals surface area (Å²) in [5.74, 6) is 0.705. The Morgan fingerprint density at radius 1 is 0.349 bits per heavy atom. The van der Waals surface area contributed by atoms with Crippen LogP contribution in [-0.4, -0.2) is 14.5 Å². The largest absolute Gasteiger partial charge is 0.309 e. The van der Waals surface area contributed by atoms with Gasteiger partial charge in [0.2, 0.25) is 0 Å². The Morgan fingerprint density at radius 3 is 1.51 bits per heavy atom. The Morgan fingerprint density at radius 2 is 0.841 bits per heavy atom. The zero-order chi connectivity index (χ0) is 41.5. The first-order chi connectivity index (χ1) is 31.2. The van der Waals surface area contributed by atoms with Crippen LogP contribution in [0.15, 0.2) is 234 Å². The summed E-state index contributed by atoms with van der Waals surface area (Å²) < 4.78 is 2.36. The van der Waals surface area contributed by atoms with Gasteiger partial charge in [0.1, 0.15) is 0 Å². The molecule has 0 bridgehead atoms. The monoisotopic (exact) mass is 819 g/mol. The van der Waals surface area contributed by atoms with Gasteiger partial charge in [-0.3, -0.25) is 0 Å². The summed E-state index contributed by atoms with van der Waals surface area (Å²) in [5, 5.41) is 2.53. The van der Waals surface area contributed by atoms with Crippen LogP contribution in [0.3, 0.4) is 0 Å². The normalized spacial score (nSPS) is 13.1. The number of benzene rings is 9. The molecular weight excluding hydrogens is 783 g/mol. The summed E-state index contributed by atoms with van der Waals surface area (Å²) in [6.45, 7) is 0. The smallest absolute Gasteiger partial charge is 0.160 e. The Kier molecular flexibility index (Phi) is 8.06. The molecule has 1 aliphatic heterocycles. The lowest BCUT2D eigenvalue weighted by molar-refractivity contribution is 0.722. The third kappa shape index (κ3) is 5.48. The molecule has 0 fully saturated rings. The van der Waals surface area contributed by atoms with Gasteiger partial charge >= 0.3 is 0 Å². The van der Waals surface area contributed by atoms with Gasteiger partial charge in [0, 0.05) is 42.9 Å². The second-order valence-electron chi connectivity index (χ2n) is 16.5. The van der Waals surface area contributed by atoms with E-state index in [2.05, 4.69) is 223 Å². The summed E-state index contributed by atoms with van der Waals surface area (Å²) >= 11 is 1.86. The molecule has 63 heavy (non-hydrogen) atoms. The average molecular weight is 820 g/mol.